The Bertz CT molecular complexity index is 1480. The average Bonchev–Trinajstić information content (AvgIpc) is 3.62. The number of carbonyl (C=O) groups is 1. The summed E-state index contributed by atoms with van der Waals surface area (Å²) in [5.41, 5.74) is 0.490. The Labute approximate surface area is 210 Å². The van der Waals surface area contributed by atoms with Crippen molar-refractivity contribution in [2.45, 2.75) is 50.7 Å². The van der Waals surface area contributed by atoms with Crippen LogP contribution >= 0.6 is 0 Å². The molecule has 1 aromatic carbocycles. The molecule has 1 saturated carbocycles. The average molecular weight is 508 g/mol. The second kappa shape index (κ2) is 8.82. The zero-order valence-electron chi connectivity index (χ0n) is 20.0. The monoisotopic (exact) mass is 507 g/mol. The number of alkyl halides is 3. The predicted octanol–water partition coefficient (Wildman–Crippen LogP) is 5.60. The zero-order chi connectivity index (χ0) is 25.7. The number of halogens is 3. The molecule has 0 saturated heterocycles. The first-order chi connectivity index (χ1) is 17.8. The number of anilines is 3. The van der Waals surface area contributed by atoms with Crippen LogP contribution in [0.3, 0.4) is 0 Å². The van der Waals surface area contributed by atoms with Crippen molar-refractivity contribution in [3.63, 3.8) is 0 Å². The lowest BCUT2D eigenvalue weighted by Crippen LogP contribution is -2.22. The van der Waals surface area contributed by atoms with E-state index in [2.05, 4.69) is 10.3 Å². The molecule has 6 rings (SSSR count). The summed E-state index contributed by atoms with van der Waals surface area (Å²) in [6.07, 6.45) is 3.13. The van der Waals surface area contributed by atoms with Gasteiger partial charge in [0.15, 0.2) is 5.65 Å². The van der Waals surface area contributed by atoms with Gasteiger partial charge in [0.05, 0.1) is 22.7 Å². The molecule has 1 aliphatic carbocycles. The molecule has 0 spiro atoms. The zero-order valence-corrected chi connectivity index (χ0v) is 20.0. The van der Waals surface area contributed by atoms with Crippen LogP contribution in [-0.4, -0.2) is 37.2 Å². The van der Waals surface area contributed by atoms with E-state index in [0.717, 1.165) is 37.8 Å². The summed E-state index contributed by atoms with van der Waals surface area (Å²) in [4.78, 5) is 28.9. The summed E-state index contributed by atoms with van der Waals surface area (Å²) >= 11 is 0. The van der Waals surface area contributed by atoms with Crippen molar-refractivity contribution in [3.05, 3.63) is 65.6 Å². The van der Waals surface area contributed by atoms with E-state index in [-0.39, 0.29) is 17.6 Å². The van der Waals surface area contributed by atoms with E-state index in [1.807, 2.05) is 29.9 Å². The number of aromatic nitrogens is 5. The molecule has 1 fully saturated rings. The third kappa shape index (κ3) is 4.08. The molecule has 1 atom stereocenters. The third-order valence-electron chi connectivity index (χ3n) is 7.08. The first kappa shape index (κ1) is 23.4. The molecule has 11 heteroatoms. The van der Waals surface area contributed by atoms with Crippen LogP contribution in [0.15, 0.2) is 48.8 Å². The Kier molecular flexibility index (Phi) is 5.58. The van der Waals surface area contributed by atoms with Gasteiger partial charge < -0.3 is 5.32 Å². The number of fused-ring (bicyclic) bond motifs is 2. The summed E-state index contributed by atoms with van der Waals surface area (Å²) < 4.78 is 42.5. The van der Waals surface area contributed by atoms with Crippen molar-refractivity contribution in [1.29, 1.82) is 0 Å². The van der Waals surface area contributed by atoms with Crippen LogP contribution in [-0.2, 0) is 11.0 Å². The molecule has 3 aromatic heterocycles. The van der Waals surface area contributed by atoms with Crippen molar-refractivity contribution in [2.24, 2.45) is 0 Å². The van der Waals surface area contributed by atoms with E-state index in [4.69, 9.17) is 15.1 Å². The third-order valence-corrected chi connectivity index (χ3v) is 7.08. The number of hydrogen-bond donors (Lipinski definition) is 1. The fourth-order valence-corrected chi connectivity index (χ4v) is 5.26. The summed E-state index contributed by atoms with van der Waals surface area (Å²) in [5.74, 6) is -0.574. The maximum atomic E-state index is 13.6. The Balaban J connectivity index is 1.55. The fourth-order valence-electron chi connectivity index (χ4n) is 5.26. The van der Waals surface area contributed by atoms with Crippen LogP contribution in [0.1, 0.15) is 61.4 Å². The molecule has 4 aromatic rings. The quantitative estimate of drug-likeness (QED) is 0.379. The molecular formula is C26H24F3N7O. The predicted molar refractivity (Wildman–Crippen MR) is 132 cm³/mol. The minimum atomic E-state index is -4.54. The lowest BCUT2D eigenvalue weighted by Gasteiger charge is -2.21. The van der Waals surface area contributed by atoms with Gasteiger partial charge in [-0.05, 0) is 55.7 Å². The highest BCUT2D eigenvalue weighted by molar-refractivity contribution is 6.06. The van der Waals surface area contributed by atoms with E-state index in [1.54, 1.807) is 17.2 Å². The van der Waals surface area contributed by atoms with E-state index in [9.17, 15) is 18.0 Å². The minimum Gasteiger partial charge on any atom is -0.325 e. The number of nitrogens with zero attached hydrogens (tertiary/aromatic N) is 6. The van der Waals surface area contributed by atoms with Gasteiger partial charge in [0.25, 0.3) is 0 Å². The molecular weight excluding hydrogens is 483 g/mol. The van der Waals surface area contributed by atoms with Crippen LogP contribution in [0.5, 0.6) is 0 Å². The van der Waals surface area contributed by atoms with Gasteiger partial charge in [0, 0.05) is 24.6 Å². The standard InChI is InChI=1S/C26H24F3N7O/c1-2-35(20-9-5-6-12-30-20)25-32-22(18-14-36(34-23(18)33-25)16-7-3-4-8-16)21-17-13-15(26(27,28)29)10-11-19(17)31-24(21)37/h5-6,9-14,16,21H,2-4,7-8H2,1H3,(H,31,37). The van der Waals surface area contributed by atoms with Crippen molar-refractivity contribution in [2.75, 3.05) is 16.8 Å². The van der Waals surface area contributed by atoms with Crippen molar-refractivity contribution in [1.82, 2.24) is 24.7 Å². The second-order valence-corrected chi connectivity index (χ2v) is 9.35. The number of rotatable bonds is 5. The maximum Gasteiger partial charge on any atom is 0.416 e. The summed E-state index contributed by atoms with van der Waals surface area (Å²) in [5, 5.41) is 8.02. The largest absolute Gasteiger partial charge is 0.416 e. The second-order valence-electron chi connectivity index (χ2n) is 9.35. The molecule has 1 amide bonds. The number of benzene rings is 1. The van der Waals surface area contributed by atoms with E-state index < -0.39 is 23.6 Å². The summed E-state index contributed by atoms with van der Waals surface area (Å²) in [6.45, 7) is 2.41. The molecule has 0 bridgehead atoms. The molecule has 8 nitrogen and oxygen atoms in total. The topological polar surface area (TPSA) is 88.8 Å². The number of nitrogens with one attached hydrogen (secondary N) is 1. The van der Waals surface area contributed by atoms with Crippen LogP contribution in [0, 0.1) is 0 Å². The van der Waals surface area contributed by atoms with Gasteiger partial charge >= 0.3 is 6.18 Å². The number of carbonyl (C=O) groups excluding carboxylic acids is 1. The molecule has 190 valence electrons. The Morgan fingerprint density at radius 3 is 2.65 bits per heavy atom. The Hall–Kier alpha value is -4.02. The smallest absolute Gasteiger partial charge is 0.325 e. The maximum absolute atomic E-state index is 13.6. The van der Waals surface area contributed by atoms with E-state index in [0.29, 0.717) is 34.8 Å². The Morgan fingerprint density at radius 1 is 1.14 bits per heavy atom. The van der Waals surface area contributed by atoms with Crippen LogP contribution in [0.4, 0.5) is 30.6 Å². The first-order valence-corrected chi connectivity index (χ1v) is 12.3. The van der Waals surface area contributed by atoms with Crippen molar-refractivity contribution < 1.29 is 18.0 Å². The van der Waals surface area contributed by atoms with Gasteiger partial charge in [0.1, 0.15) is 11.7 Å². The van der Waals surface area contributed by atoms with E-state index >= 15 is 0 Å². The van der Waals surface area contributed by atoms with Gasteiger partial charge in [0.2, 0.25) is 11.9 Å². The molecule has 37 heavy (non-hydrogen) atoms. The van der Waals surface area contributed by atoms with Crippen LogP contribution in [0.2, 0.25) is 0 Å². The van der Waals surface area contributed by atoms with Gasteiger partial charge in [-0.1, -0.05) is 18.9 Å². The lowest BCUT2D eigenvalue weighted by atomic mass is 9.93. The normalized spacial score (nSPS) is 17.8. The number of amides is 1. The molecule has 1 N–H and O–H groups in total. The number of pyridine rings is 1. The van der Waals surface area contributed by atoms with Gasteiger partial charge in [-0.15, -0.1) is 0 Å². The fraction of sp³-hybridized carbons (Fsp3) is 0.346. The van der Waals surface area contributed by atoms with Crippen LogP contribution in [0.25, 0.3) is 11.0 Å². The highest BCUT2D eigenvalue weighted by atomic mass is 19.4. The summed E-state index contributed by atoms with van der Waals surface area (Å²) in [7, 11) is 0. The highest BCUT2D eigenvalue weighted by Crippen LogP contribution is 2.43. The summed E-state index contributed by atoms with van der Waals surface area (Å²) in [6, 6.07) is 8.98. The van der Waals surface area contributed by atoms with Gasteiger partial charge in [-0.25, -0.2) is 9.97 Å². The van der Waals surface area contributed by atoms with Crippen molar-refractivity contribution in [3.8, 4) is 0 Å². The van der Waals surface area contributed by atoms with Crippen molar-refractivity contribution >= 4 is 34.4 Å². The van der Waals surface area contributed by atoms with Gasteiger partial charge in [-0.3, -0.25) is 14.4 Å². The SMILES string of the molecule is CCN(c1ccccn1)c1nc(C2C(=O)Nc3ccc(C(F)(F)F)cc32)c2cn(C3CCCC3)nc2n1. The highest BCUT2D eigenvalue weighted by Gasteiger charge is 2.39. The Morgan fingerprint density at radius 2 is 1.95 bits per heavy atom. The first-order valence-electron chi connectivity index (χ1n) is 12.3. The van der Waals surface area contributed by atoms with Gasteiger partial charge in [-0.2, -0.15) is 23.3 Å². The van der Waals surface area contributed by atoms with Crippen LogP contribution < -0.4 is 10.2 Å². The molecule has 2 aliphatic rings. The lowest BCUT2D eigenvalue weighted by molar-refractivity contribution is -0.137. The molecule has 1 aliphatic heterocycles. The molecule has 1 unspecified atom stereocenters. The molecule has 4 heterocycles. The minimum absolute atomic E-state index is 0.213. The van der Waals surface area contributed by atoms with E-state index in [1.165, 1.54) is 6.07 Å². The molecule has 0 radical (unpaired) electrons. The number of hydrogen-bond acceptors (Lipinski definition) is 6.